The number of halogens is 2. The summed E-state index contributed by atoms with van der Waals surface area (Å²) >= 11 is 0. The lowest BCUT2D eigenvalue weighted by molar-refractivity contribution is -0.138. The molecule has 108 valence electrons. The number of nitrogens with one attached hydrogen (secondary N) is 1. The molecule has 2 aliphatic heterocycles. The Kier molecular flexibility index (Phi) is 8.90. The lowest BCUT2D eigenvalue weighted by Gasteiger charge is -2.38. The molecule has 0 spiro atoms. The zero-order chi connectivity index (χ0) is 11.4. The Hall–Kier alpha value is -0.0700. The van der Waals surface area contributed by atoms with Crippen molar-refractivity contribution in [3.8, 4) is 0 Å². The fraction of sp³-hybridized carbons (Fsp3) is 0.909. The van der Waals surface area contributed by atoms with Crippen molar-refractivity contribution in [2.45, 2.75) is 0 Å². The molecule has 7 heteroatoms. The van der Waals surface area contributed by atoms with Gasteiger partial charge >= 0.3 is 0 Å². The number of hydrogen-bond donors (Lipinski definition) is 1. The van der Waals surface area contributed by atoms with E-state index >= 15 is 0 Å². The standard InChI is InChI=1S/C11H21N3O2.2ClH/c1-16-7-6-13-2-4-14(5-3-13)11(15)10-8-12-9-10;;/h10,12H,2-9H2,1H3;2*1H. The molecule has 2 heterocycles. The van der Waals surface area contributed by atoms with Crippen molar-refractivity contribution in [2.24, 2.45) is 5.92 Å². The third kappa shape index (κ3) is 4.55. The van der Waals surface area contributed by atoms with E-state index in [9.17, 15) is 4.79 Å². The number of piperazine rings is 1. The summed E-state index contributed by atoms with van der Waals surface area (Å²) in [5.41, 5.74) is 0. The van der Waals surface area contributed by atoms with Gasteiger partial charge in [0.05, 0.1) is 12.5 Å². The molecule has 0 aromatic rings. The van der Waals surface area contributed by atoms with Crippen molar-refractivity contribution < 1.29 is 9.53 Å². The van der Waals surface area contributed by atoms with Gasteiger partial charge in [-0.15, -0.1) is 24.8 Å². The molecule has 0 radical (unpaired) electrons. The maximum absolute atomic E-state index is 11.9. The van der Waals surface area contributed by atoms with Crippen LogP contribution in [0, 0.1) is 5.92 Å². The molecule has 0 bridgehead atoms. The molecule has 5 nitrogen and oxygen atoms in total. The molecular weight excluding hydrogens is 277 g/mol. The van der Waals surface area contributed by atoms with Gasteiger partial charge in [0.2, 0.25) is 5.91 Å². The molecule has 1 N–H and O–H groups in total. The van der Waals surface area contributed by atoms with Gasteiger partial charge in [0, 0.05) is 52.9 Å². The number of rotatable bonds is 4. The van der Waals surface area contributed by atoms with E-state index in [0.717, 1.165) is 52.4 Å². The van der Waals surface area contributed by atoms with Crippen molar-refractivity contribution in [1.29, 1.82) is 0 Å². The molecule has 2 fully saturated rings. The molecule has 2 saturated heterocycles. The Bertz CT molecular complexity index is 244. The summed E-state index contributed by atoms with van der Waals surface area (Å²) in [5.74, 6) is 0.579. The Balaban J connectivity index is 0.00000144. The van der Waals surface area contributed by atoms with E-state index in [-0.39, 0.29) is 30.7 Å². The van der Waals surface area contributed by atoms with E-state index in [1.807, 2.05) is 4.90 Å². The zero-order valence-electron chi connectivity index (χ0n) is 10.8. The summed E-state index contributed by atoms with van der Waals surface area (Å²) in [6, 6.07) is 0. The second-order valence-corrected chi connectivity index (χ2v) is 4.51. The third-order valence-electron chi connectivity index (χ3n) is 3.43. The molecule has 18 heavy (non-hydrogen) atoms. The monoisotopic (exact) mass is 299 g/mol. The van der Waals surface area contributed by atoms with Gasteiger partial charge in [-0.2, -0.15) is 0 Å². The van der Waals surface area contributed by atoms with Crippen LogP contribution < -0.4 is 5.32 Å². The van der Waals surface area contributed by atoms with E-state index in [0.29, 0.717) is 5.91 Å². The first-order valence-corrected chi connectivity index (χ1v) is 6.02. The maximum atomic E-state index is 11.9. The first-order chi connectivity index (χ1) is 7.81. The van der Waals surface area contributed by atoms with Gasteiger partial charge in [0.25, 0.3) is 0 Å². The van der Waals surface area contributed by atoms with E-state index in [1.54, 1.807) is 7.11 Å². The first-order valence-electron chi connectivity index (χ1n) is 6.02. The van der Waals surface area contributed by atoms with Gasteiger partial charge in [0.1, 0.15) is 0 Å². The molecule has 0 aromatic carbocycles. The van der Waals surface area contributed by atoms with Gasteiger partial charge in [-0.3, -0.25) is 9.69 Å². The average Bonchev–Trinajstić information content (AvgIpc) is 2.24. The molecule has 0 aliphatic carbocycles. The van der Waals surface area contributed by atoms with Crippen LogP contribution in [0.1, 0.15) is 0 Å². The van der Waals surface area contributed by atoms with Crippen LogP contribution in [0.15, 0.2) is 0 Å². The van der Waals surface area contributed by atoms with Gasteiger partial charge in [-0.25, -0.2) is 0 Å². The quantitative estimate of drug-likeness (QED) is 0.784. The number of carbonyl (C=O) groups is 1. The highest BCUT2D eigenvalue weighted by Gasteiger charge is 2.30. The van der Waals surface area contributed by atoms with E-state index in [1.165, 1.54) is 0 Å². The summed E-state index contributed by atoms with van der Waals surface area (Å²) in [6.45, 7) is 7.19. The fourth-order valence-electron chi connectivity index (χ4n) is 2.13. The highest BCUT2D eigenvalue weighted by Crippen LogP contribution is 2.10. The van der Waals surface area contributed by atoms with Crippen LogP contribution >= 0.6 is 24.8 Å². The van der Waals surface area contributed by atoms with Crippen LogP contribution in [0.2, 0.25) is 0 Å². The molecule has 0 aromatic heterocycles. The number of hydrogen-bond acceptors (Lipinski definition) is 4. The predicted molar refractivity (Wildman–Crippen MR) is 75.8 cm³/mol. The minimum Gasteiger partial charge on any atom is -0.383 e. The van der Waals surface area contributed by atoms with Gasteiger partial charge in [-0.1, -0.05) is 0 Å². The molecule has 2 aliphatic rings. The van der Waals surface area contributed by atoms with Crippen LogP contribution in [-0.4, -0.2) is 75.2 Å². The van der Waals surface area contributed by atoms with Crippen LogP contribution in [0.3, 0.4) is 0 Å². The fourth-order valence-corrected chi connectivity index (χ4v) is 2.13. The molecule has 1 amide bonds. The number of carbonyl (C=O) groups excluding carboxylic acids is 1. The summed E-state index contributed by atoms with van der Waals surface area (Å²) < 4.78 is 5.05. The van der Waals surface area contributed by atoms with Crippen LogP contribution in [0.5, 0.6) is 0 Å². The number of nitrogens with zero attached hydrogens (tertiary/aromatic N) is 2. The van der Waals surface area contributed by atoms with Gasteiger partial charge in [0.15, 0.2) is 0 Å². The normalized spacial score (nSPS) is 20.6. The van der Waals surface area contributed by atoms with Crippen LogP contribution in [0.25, 0.3) is 0 Å². The summed E-state index contributed by atoms with van der Waals surface area (Å²) in [4.78, 5) is 16.3. The highest BCUT2D eigenvalue weighted by atomic mass is 35.5. The minimum absolute atomic E-state index is 0. The van der Waals surface area contributed by atoms with Crippen molar-refractivity contribution in [2.75, 3.05) is 59.5 Å². The Morgan fingerprint density at radius 2 is 1.83 bits per heavy atom. The minimum atomic E-state index is 0. The number of ether oxygens (including phenoxy) is 1. The number of amides is 1. The summed E-state index contributed by atoms with van der Waals surface area (Å²) in [6.07, 6.45) is 0. The zero-order valence-corrected chi connectivity index (χ0v) is 12.4. The maximum Gasteiger partial charge on any atom is 0.228 e. The lowest BCUT2D eigenvalue weighted by atomic mass is 10.0. The highest BCUT2D eigenvalue weighted by molar-refractivity contribution is 5.85. The van der Waals surface area contributed by atoms with E-state index < -0.39 is 0 Å². The van der Waals surface area contributed by atoms with Crippen molar-refractivity contribution in [3.63, 3.8) is 0 Å². The third-order valence-corrected chi connectivity index (χ3v) is 3.43. The van der Waals surface area contributed by atoms with Crippen LogP contribution in [-0.2, 0) is 9.53 Å². The van der Waals surface area contributed by atoms with Crippen molar-refractivity contribution >= 4 is 30.7 Å². The number of methoxy groups -OCH3 is 1. The van der Waals surface area contributed by atoms with Crippen molar-refractivity contribution in [3.05, 3.63) is 0 Å². The Morgan fingerprint density at radius 1 is 1.22 bits per heavy atom. The molecule has 0 atom stereocenters. The Labute approximate surface area is 121 Å². The first kappa shape index (κ1) is 17.9. The van der Waals surface area contributed by atoms with E-state index in [2.05, 4.69) is 10.2 Å². The lowest BCUT2D eigenvalue weighted by Crippen LogP contribution is -2.56. The second kappa shape index (κ2) is 8.93. The smallest absolute Gasteiger partial charge is 0.228 e. The topological polar surface area (TPSA) is 44.8 Å². The van der Waals surface area contributed by atoms with Gasteiger partial charge in [-0.05, 0) is 0 Å². The second-order valence-electron chi connectivity index (χ2n) is 4.51. The predicted octanol–water partition coefficient (Wildman–Crippen LogP) is -0.160. The average molecular weight is 300 g/mol. The summed E-state index contributed by atoms with van der Waals surface area (Å²) in [5, 5.41) is 3.14. The summed E-state index contributed by atoms with van der Waals surface area (Å²) in [7, 11) is 1.73. The largest absolute Gasteiger partial charge is 0.383 e. The molecular formula is C11H23Cl2N3O2. The van der Waals surface area contributed by atoms with Crippen LogP contribution in [0.4, 0.5) is 0 Å². The van der Waals surface area contributed by atoms with Crippen molar-refractivity contribution in [1.82, 2.24) is 15.1 Å². The Morgan fingerprint density at radius 3 is 2.28 bits per heavy atom. The van der Waals surface area contributed by atoms with Gasteiger partial charge < -0.3 is 15.0 Å². The molecule has 0 saturated carbocycles. The van der Waals surface area contributed by atoms with E-state index in [4.69, 9.17) is 4.74 Å². The molecule has 0 unspecified atom stereocenters. The SMILES string of the molecule is COCCN1CCN(C(=O)C2CNC2)CC1.Cl.Cl. The molecule has 2 rings (SSSR count).